The number of hydrogen-bond donors (Lipinski definition) is 0. The first kappa shape index (κ1) is 84.5. The predicted molar refractivity (Wildman–Crippen MR) is 3.87 cm³/mol. The summed E-state index contributed by atoms with van der Waals surface area (Å²) >= 11 is 0. The molecular formula is H2Fe2O2. The maximum absolute atomic E-state index is 0. The first-order valence-corrected chi connectivity index (χ1v) is 0. The summed E-state index contributed by atoms with van der Waals surface area (Å²) in [6.45, 7) is 0. The van der Waals surface area contributed by atoms with Crippen LogP contribution in [0.25, 0.3) is 0 Å². The third-order valence-electron chi connectivity index (χ3n) is 0. The summed E-state index contributed by atoms with van der Waals surface area (Å²) in [5.41, 5.74) is 0. The largest absolute Gasteiger partial charge is 2.00 e. The normalized spacial score (nSPS) is 0. The molecule has 0 heterocycles. The number of hydrogen-bond acceptors (Lipinski definition) is 2. The zero-order valence-corrected chi connectivity index (χ0v) is 3.81. The van der Waals surface area contributed by atoms with Crippen LogP contribution in [0.3, 0.4) is 0 Å². The second-order valence-corrected chi connectivity index (χ2v) is 0. The molecule has 4 heteroatoms. The Morgan fingerprint density at radius 1 is 0.750 bits per heavy atom. The van der Waals surface area contributed by atoms with Gasteiger partial charge in [-0.1, -0.05) is 0 Å². The number of rotatable bonds is 0. The average Bonchev–Trinajstić information content (AvgIpc) is 0. The second-order valence-electron chi connectivity index (χ2n) is 0. The van der Waals surface area contributed by atoms with Gasteiger partial charge in [-0.25, -0.2) is 0 Å². The van der Waals surface area contributed by atoms with Gasteiger partial charge in [-0.05, 0) is 0 Å². The van der Waals surface area contributed by atoms with Crippen molar-refractivity contribution >= 4 is 0 Å². The zero-order chi connectivity index (χ0) is 0. The Labute approximate surface area is 45.5 Å². The van der Waals surface area contributed by atoms with Gasteiger partial charge in [0.05, 0.1) is 0 Å². The van der Waals surface area contributed by atoms with E-state index >= 15 is 0 Å². The molecule has 0 bridgehead atoms. The van der Waals surface area contributed by atoms with Crippen LogP contribution >= 0.6 is 0 Å². The van der Waals surface area contributed by atoms with E-state index < -0.39 is 0 Å². The minimum atomic E-state index is 0. The van der Waals surface area contributed by atoms with Crippen LogP contribution in [0, 0.1) is 0 Å². The minimum absolute atomic E-state index is 0. The standard InChI is InChI=1S/2Fe.2H2O/h;;2*1H2/q;+2;;/p-2. The summed E-state index contributed by atoms with van der Waals surface area (Å²) < 4.78 is 0. The van der Waals surface area contributed by atoms with Gasteiger partial charge in [0.1, 0.15) is 0 Å². The summed E-state index contributed by atoms with van der Waals surface area (Å²) in [5.74, 6) is 0. The molecule has 0 radical (unpaired) electrons. The third kappa shape index (κ3) is 12.3. The van der Waals surface area contributed by atoms with Gasteiger partial charge in [0.15, 0.2) is 0 Å². The van der Waals surface area contributed by atoms with E-state index in [4.69, 9.17) is 0 Å². The zero-order valence-electron chi connectivity index (χ0n) is 1.60. The molecule has 0 saturated heterocycles. The van der Waals surface area contributed by atoms with Gasteiger partial charge in [-0.15, -0.1) is 0 Å². The molecule has 0 aliphatic rings. The predicted octanol–water partition coefficient (Wildman–Crippen LogP) is -0.359. The van der Waals surface area contributed by atoms with Crippen molar-refractivity contribution in [2.24, 2.45) is 0 Å². The molecular weight excluding hydrogens is 144 g/mol. The van der Waals surface area contributed by atoms with Crippen LogP contribution in [0.2, 0.25) is 0 Å². The van der Waals surface area contributed by atoms with Gasteiger partial charge in [0.2, 0.25) is 0 Å². The molecule has 0 aliphatic carbocycles. The molecule has 2 N–H and O–H groups in total. The van der Waals surface area contributed by atoms with Crippen molar-refractivity contribution in [2.45, 2.75) is 0 Å². The van der Waals surface area contributed by atoms with E-state index in [1.165, 1.54) is 0 Å². The molecule has 0 atom stereocenters. The SMILES string of the molecule is [Fe+2].[Fe].[OH-].[OH-]. The van der Waals surface area contributed by atoms with E-state index in [1.54, 1.807) is 0 Å². The molecule has 0 spiro atoms. The van der Waals surface area contributed by atoms with E-state index in [0.29, 0.717) is 0 Å². The van der Waals surface area contributed by atoms with Crippen LogP contribution in [0.5, 0.6) is 0 Å². The molecule has 4 heavy (non-hydrogen) atoms. The molecule has 0 amide bonds. The van der Waals surface area contributed by atoms with Crippen molar-refractivity contribution in [3.8, 4) is 0 Å². The Morgan fingerprint density at radius 3 is 0.750 bits per heavy atom. The first-order valence-electron chi connectivity index (χ1n) is 0. The van der Waals surface area contributed by atoms with Crippen molar-refractivity contribution in [3.63, 3.8) is 0 Å². The second kappa shape index (κ2) is 37.7. The van der Waals surface area contributed by atoms with Gasteiger partial charge >= 0.3 is 17.1 Å². The fourth-order valence-corrected chi connectivity index (χ4v) is 0. The monoisotopic (exact) mass is 146 g/mol. The maximum Gasteiger partial charge on any atom is 2.00 e. The molecule has 0 unspecified atom stereocenters. The van der Waals surface area contributed by atoms with Gasteiger partial charge in [0.25, 0.3) is 0 Å². The van der Waals surface area contributed by atoms with E-state index in [2.05, 4.69) is 0 Å². The summed E-state index contributed by atoms with van der Waals surface area (Å²) in [7, 11) is 0. The molecule has 0 aromatic rings. The molecule has 0 rings (SSSR count). The summed E-state index contributed by atoms with van der Waals surface area (Å²) in [6, 6.07) is 0. The third-order valence-corrected chi connectivity index (χ3v) is 0. The van der Waals surface area contributed by atoms with Crippen molar-refractivity contribution in [3.05, 3.63) is 0 Å². The fraction of sp³-hybridized carbons (Fsp3) is 0. The maximum atomic E-state index is 0. The van der Waals surface area contributed by atoms with Crippen molar-refractivity contribution in [1.29, 1.82) is 0 Å². The Kier molecular flexibility index (Phi) is 796. The minimum Gasteiger partial charge on any atom is -0.870 e. The van der Waals surface area contributed by atoms with Crippen molar-refractivity contribution < 1.29 is 45.1 Å². The van der Waals surface area contributed by atoms with E-state index in [0.717, 1.165) is 0 Å². The van der Waals surface area contributed by atoms with E-state index in [9.17, 15) is 0 Å². The van der Waals surface area contributed by atoms with Crippen molar-refractivity contribution in [2.75, 3.05) is 0 Å². The molecule has 0 aliphatic heterocycles. The molecule has 0 aromatic heterocycles. The van der Waals surface area contributed by atoms with E-state index in [-0.39, 0.29) is 45.1 Å². The smallest absolute Gasteiger partial charge is 0.870 e. The fourth-order valence-electron chi connectivity index (χ4n) is 0. The van der Waals surface area contributed by atoms with Gasteiger partial charge < -0.3 is 11.0 Å². The first-order chi connectivity index (χ1) is 0. The summed E-state index contributed by atoms with van der Waals surface area (Å²) in [4.78, 5) is 0. The van der Waals surface area contributed by atoms with Gasteiger partial charge in [0, 0.05) is 17.1 Å². The van der Waals surface area contributed by atoms with Crippen LogP contribution in [-0.4, -0.2) is 11.0 Å². The quantitative estimate of drug-likeness (QED) is 0.438. The van der Waals surface area contributed by atoms with E-state index in [1.807, 2.05) is 0 Å². The van der Waals surface area contributed by atoms with Crippen LogP contribution in [0.4, 0.5) is 0 Å². The molecule has 0 aromatic carbocycles. The molecule has 0 saturated carbocycles. The van der Waals surface area contributed by atoms with Crippen LogP contribution in [0.15, 0.2) is 0 Å². The Hall–Kier alpha value is 0.959. The average molecular weight is 146 g/mol. The summed E-state index contributed by atoms with van der Waals surface area (Å²) in [5, 5.41) is 0. The van der Waals surface area contributed by atoms with Crippen LogP contribution < -0.4 is 0 Å². The Morgan fingerprint density at radius 2 is 0.750 bits per heavy atom. The Balaban J connectivity index is 0. The topological polar surface area (TPSA) is 60.0 Å². The molecule has 0 fully saturated rings. The Bertz CT molecular complexity index is 4.00. The van der Waals surface area contributed by atoms with Gasteiger partial charge in [-0.3, -0.25) is 0 Å². The van der Waals surface area contributed by atoms with Crippen molar-refractivity contribution in [1.82, 2.24) is 0 Å². The summed E-state index contributed by atoms with van der Waals surface area (Å²) in [6.07, 6.45) is 0. The van der Waals surface area contributed by atoms with Gasteiger partial charge in [-0.2, -0.15) is 0 Å². The van der Waals surface area contributed by atoms with Crippen LogP contribution in [0.1, 0.15) is 0 Å². The van der Waals surface area contributed by atoms with Crippen LogP contribution in [-0.2, 0) is 34.1 Å². The molecule has 2 nitrogen and oxygen atoms in total. The molecule has 30 valence electrons.